The van der Waals surface area contributed by atoms with Gasteiger partial charge in [-0.05, 0) is 12.1 Å². The second-order valence-electron chi connectivity index (χ2n) is 2.49. The number of hydrogen-bond acceptors (Lipinski definition) is 3. The van der Waals surface area contributed by atoms with Gasteiger partial charge < -0.3 is 5.11 Å². The molecular weight excluding hydrogens is 209 g/mol. The number of benzene rings is 1. The highest BCUT2D eigenvalue weighted by atomic mass is 35.5. The number of carbonyl (C=O) groups is 1. The van der Waals surface area contributed by atoms with Crippen LogP contribution < -0.4 is 0 Å². The minimum Gasteiger partial charge on any atom is -0.507 e. The van der Waals surface area contributed by atoms with Crippen molar-refractivity contribution in [1.29, 1.82) is 5.26 Å². The number of hydrogen-bond donors (Lipinski definition) is 1. The van der Waals surface area contributed by atoms with E-state index in [1.165, 1.54) is 6.07 Å². The Balaban J connectivity index is 3.47. The summed E-state index contributed by atoms with van der Waals surface area (Å²) in [5, 5.41) is 17.8. The average Bonchev–Trinajstić information content (AvgIpc) is 2.19. The molecule has 0 aromatic heterocycles. The fraction of sp³-hybridized carbons (Fsp3) is 0.111. The largest absolute Gasteiger partial charge is 0.507 e. The van der Waals surface area contributed by atoms with Gasteiger partial charge in [0.15, 0.2) is 5.78 Å². The molecule has 0 radical (unpaired) electrons. The topological polar surface area (TPSA) is 61.1 Å². The van der Waals surface area contributed by atoms with Crippen molar-refractivity contribution in [3.05, 3.63) is 29.1 Å². The minimum atomic E-state index is -0.848. The third-order valence-electron chi connectivity index (χ3n) is 1.64. The summed E-state index contributed by atoms with van der Waals surface area (Å²) in [4.78, 5) is 11.2. The molecule has 1 aromatic carbocycles. The number of aromatic hydroxyl groups is 1. The summed E-state index contributed by atoms with van der Waals surface area (Å²) in [7, 11) is 0. The van der Waals surface area contributed by atoms with Crippen LogP contribution in [0.3, 0.4) is 0 Å². The number of nitriles is 1. The van der Waals surface area contributed by atoms with Gasteiger partial charge in [0.1, 0.15) is 23.2 Å². The average molecular weight is 214 g/mol. The molecule has 0 aliphatic heterocycles. The highest BCUT2D eigenvalue weighted by Crippen LogP contribution is 2.23. The molecule has 0 saturated heterocycles. The molecule has 1 N–H and O–H groups in total. The van der Waals surface area contributed by atoms with E-state index in [2.05, 4.69) is 0 Å². The van der Waals surface area contributed by atoms with E-state index in [1.54, 1.807) is 0 Å². The molecule has 14 heavy (non-hydrogen) atoms. The van der Waals surface area contributed by atoms with Gasteiger partial charge in [-0.2, -0.15) is 5.26 Å². The van der Waals surface area contributed by atoms with Crippen LogP contribution in [-0.2, 0) is 0 Å². The maximum atomic E-state index is 13.0. The third kappa shape index (κ3) is 1.68. The van der Waals surface area contributed by atoms with Crippen molar-refractivity contribution >= 4 is 17.4 Å². The van der Waals surface area contributed by atoms with Crippen LogP contribution in [0.2, 0.25) is 0 Å². The van der Waals surface area contributed by atoms with Crippen molar-refractivity contribution in [2.24, 2.45) is 0 Å². The zero-order valence-electron chi connectivity index (χ0n) is 6.92. The van der Waals surface area contributed by atoms with Crippen molar-refractivity contribution in [3.63, 3.8) is 0 Å². The molecule has 1 rings (SSSR count). The molecule has 3 nitrogen and oxygen atoms in total. The Labute approximate surface area is 84.3 Å². The maximum Gasteiger partial charge on any atom is 0.182 e. The summed E-state index contributed by atoms with van der Waals surface area (Å²) < 4.78 is 13.0. The standard InChI is InChI=1S/C9H5ClFNO2/c10-3-8(14)9-5(4-12)6(11)1-2-7(9)13/h1-2,13H,3H2. The first-order valence-corrected chi connectivity index (χ1v) is 4.16. The molecule has 0 aliphatic carbocycles. The van der Waals surface area contributed by atoms with Gasteiger partial charge >= 0.3 is 0 Å². The van der Waals surface area contributed by atoms with Gasteiger partial charge in [0, 0.05) is 0 Å². The molecule has 0 unspecified atom stereocenters. The monoisotopic (exact) mass is 213 g/mol. The second-order valence-corrected chi connectivity index (χ2v) is 2.75. The Kier molecular flexibility index (Phi) is 3.05. The van der Waals surface area contributed by atoms with E-state index in [9.17, 15) is 14.3 Å². The summed E-state index contributed by atoms with van der Waals surface area (Å²) >= 11 is 5.25. The Morgan fingerprint density at radius 3 is 2.79 bits per heavy atom. The highest BCUT2D eigenvalue weighted by Gasteiger charge is 2.18. The number of phenolic OH excluding ortho intramolecular Hbond substituents is 1. The Hall–Kier alpha value is -1.60. The van der Waals surface area contributed by atoms with Gasteiger partial charge in [0.25, 0.3) is 0 Å². The summed E-state index contributed by atoms with van der Waals surface area (Å²) in [5.74, 6) is -2.38. The quantitative estimate of drug-likeness (QED) is 0.602. The molecule has 1 aromatic rings. The predicted molar refractivity (Wildman–Crippen MR) is 47.8 cm³/mol. The third-order valence-corrected chi connectivity index (χ3v) is 1.89. The van der Waals surface area contributed by atoms with E-state index in [0.29, 0.717) is 0 Å². The van der Waals surface area contributed by atoms with Crippen molar-refractivity contribution < 1.29 is 14.3 Å². The van der Waals surface area contributed by atoms with E-state index in [-0.39, 0.29) is 5.56 Å². The lowest BCUT2D eigenvalue weighted by molar-refractivity contribution is 0.101. The van der Waals surface area contributed by atoms with Crippen LogP contribution in [-0.4, -0.2) is 16.8 Å². The molecule has 0 bridgehead atoms. The molecule has 72 valence electrons. The summed E-state index contributed by atoms with van der Waals surface area (Å²) in [6.07, 6.45) is 0. The molecule has 0 heterocycles. The minimum absolute atomic E-state index is 0.359. The van der Waals surface area contributed by atoms with Crippen molar-refractivity contribution in [2.45, 2.75) is 0 Å². The van der Waals surface area contributed by atoms with Crippen LogP contribution in [0.25, 0.3) is 0 Å². The van der Waals surface area contributed by atoms with Gasteiger partial charge in [0.05, 0.1) is 11.4 Å². The maximum absolute atomic E-state index is 13.0. The van der Waals surface area contributed by atoms with E-state index < -0.39 is 28.8 Å². The SMILES string of the molecule is N#Cc1c(F)ccc(O)c1C(=O)CCl. The van der Waals surface area contributed by atoms with Gasteiger partial charge in [-0.15, -0.1) is 11.6 Å². The smallest absolute Gasteiger partial charge is 0.182 e. The summed E-state index contributed by atoms with van der Waals surface area (Å²) in [5.41, 5.74) is -0.835. The van der Waals surface area contributed by atoms with E-state index in [1.807, 2.05) is 0 Å². The van der Waals surface area contributed by atoms with E-state index in [0.717, 1.165) is 12.1 Å². The van der Waals surface area contributed by atoms with Gasteiger partial charge in [-0.3, -0.25) is 4.79 Å². The van der Waals surface area contributed by atoms with Crippen LogP contribution in [0.15, 0.2) is 12.1 Å². The lowest BCUT2D eigenvalue weighted by atomic mass is 10.0. The molecule has 0 saturated carbocycles. The molecule has 0 aliphatic rings. The summed E-state index contributed by atoms with van der Waals surface area (Å²) in [6.45, 7) is 0. The van der Waals surface area contributed by atoms with Gasteiger partial charge in [-0.25, -0.2) is 4.39 Å². The molecule has 0 atom stereocenters. The lowest BCUT2D eigenvalue weighted by Crippen LogP contribution is -2.05. The molecule has 0 fully saturated rings. The zero-order chi connectivity index (χ0) is 10.7. The van der Waals surface area contributed by atoms with Gasteiger partial charge in [-0.1, -0.05) is 0 Å². The number of ketones is 1. The van der Waals surface area contributed by atoms with Crippen LogP contribution in [0.5, 0.6) is 5.75 Å². The van der Waals surface area contributed by atoms with Crippen LogP contribution in [0, 0.1) is 17.1 Å². The van der Waals surface area contributed by atoms with Crippen LogP contribution in [0.4, 0.5) is 4.39 Å². The molecule has 0 spiro atoms. The number of carbonyl (C=O) groups excluding carboxylic acids is 1. The van der Waals surface area contributed by atoms with Crippen LogP contribution >= 0.6 is 11.6 Å². The Bertz CT molecular complexity index is 426. The second kappa shape index (κ2) is 4.07. The molecular formula is C9H5ClFNO2. The number of rotatable bonds is 2. The fourth-order valence-corrected chi connectivity index (χ4v) is 1.16. The van der Waals surface area contributed by atoms with Gasteiger partial charge in [0.2, 0.25) is 0 Å². The number of alkyl halides is 1. The first kappa shape index (κ1) is 10.5. The number of halogens is 2. The predicted octanol–water partition coefficient (Wildman–Crippen LogP) is 1.82. The van der Waals surface area contributed by atoms with Crippen molar-refractivity contribution in [2.75, 3.05) is 5.88 Å². The number of Topliss-reactive ketones (excluding diaryl/α,β-unsaturated/α-hetero) is 1. The Morgan fingerprint density at radius 1 is 1.64 bits per heavy atom. The first-order valence-electron chi connectivity index (χ1n) is 3.62. The molecule has 0 amide bonds. The van der Waals surface area contributed by atoms with Crippen molar-refractivity contribution in [1.82, 2.24) is 0 Å². The number of nitrogens with zero attached hydrogens (tertiary/aromatic N) is 1. The first-order chi connectivity index (χ1) is 6.61. The molecule has 5 heteroatoms. The zero-order valence-corrected chi connectivity index (χ0v) is 7.68. The summed E-state index contributed by atoms with van der Waals surface area (Å²) in [6, 6.07) is 3.43. The van der Waals surface area contributed by atoms with E-state index >= 15 is 0 Å². The highest BCUT2D eigenvalue weighted by molar-refractivity contribution is 6.31. The fourth-order valence-electron chi connectivity index (χ4n) is 1.02. The number of phenols is 1. The van der Waals surface area contributed by atoms with Crippen LogP contribution in [0.1, 0.15) is 15.9 Å². The van der Waals surface area contributed by atoms with Crippen molar-refractivity contribution in [3.8, 4) is 11.8 Å². The lowest BCUT2D eigenvalue weighted by Gasteiger charge is -2.03. The Morgan fingerprint density at radius 2 is 2.29 bits per heavy atom. The van der Waals surface area contributed by atoms with E-state index in [4.69, 9.17) is 16.9 Å². The normalized spacial score (nSPS) is 9.50.